The van der Waals surface area contributed by atoms with Crippen LogP contribution in [0.15, 0.2) is 83.7 Å². The lowest BCUT2D eigenvalue weighted by Crippen LogP contribution is -2.30. The number of amides is 1. The molecular formula is C26H21N3O4. The zero-order valence-corrected chi connectivity index (χ0v) is 17.7. The van der Waals surface area contributed by atoms with E-state index in [4.69, 9.17) is 9.47 Å². The van der Waals surface area contributed by atoms with Crippen molar-refractivity contribution in [3.63, 3.8) is 0 Å². The van der Waals surface area contributed by atoms with Crippen molar-refractivity contribution in [1.82, 2.24) is 14.9 Å². The second-order valence-corrected chi connectivity index (χ2v) is 7.66. The van der Waals surface area contributed by atoms with Gasteiger partial charge in [-0.3, -0.25) is 9.59 Å². The summed E-state index contributed by atoms with van der Waals surface area (Å²) in [6.07, 6.45) is 3.30. The summed E-state index contributed by atoms with van der Waals surface area (Å²) in [5.41, 5.74) is 2.16. The van der Waals surface area contributed by atoms with Crippen LogP contribution in [0.2, 0.25) is 0 Å². The first-order valence-corrected chi connectivity index (χ1v) is 10.5. The number of aromatic amines is 1. The number of hydrogen-bond donors (Lipinski definition) is 1. The van der Waals surface area contributed by atoms with Crippen molar-refractivity contribution >= 4 is 22.9 Å². The zero-order chi connectivity index (χ0) is 22.6. The fourth-order valence-electron chi connectivity index (χ4n) is 3.70. The summed E-state index contributed by atoms with van der Waals surface area (Å²) in [7, 11) is 0. The molecule has 1 aliphatic heterocycles. The van der Waals surface area contributed by atoms with Crippen LogP contribution in [0, 0.1) is 0 Å². The minimum absolute atomic E-state index is 0.145. The molecule has 0 unspecified atom stereocenters. The van der Waals surface area contributed by atoms with Crippen LogP contribution in [0.25, 0.3) is 17.0 Å². The molecule has 0 saturated heterocycles. The smallest absolute Gasteiger partial charge is 0.258 e. The summed E-state index contributed by atoms with van der Waals surface area (Å²) in [4.78, 5) is 34.7. The molecule has 2 heterocycles. The van der Waals surface area contributed by atoms with Crippen LogP contribution in [0.5, 0.6) is 11.5 Å². The van der Waals surface area contributed by atoms with Crippen molar-refractivity contribution in [2.45, 2.75) is 13.1 Å². The summed E-state index contributed by atoms with van der Waals surface area (Å²) in [6, 6.07) is 22.3. The SMILES string of the molecule is O=C(C=Cc1ccccc1)N(Cc1ccc2c(c1)OCO2)Cc1nc2ccccc2c(=O)[nH]1. The molecule has 5 rings (SSSR count). The van der Waals surface area contributed by atoms with Gasteiger partial charge in [-0.15, -0.1) is 0 Å². The van der Waals surface area contributed by atoms with E-state index in [1.807, 2.05) is 54.6 Å². The molecule has 0 radical (unpaired) electrons. The van der Waals surface area contributed by atoms with Gasteiger partial charge in [0.25, 0.3) is 5.56 Å². The van der Waals surface area contributed by atoms with Gasteiger partial charge in [0.05, 0.1) is 17.4 Å². The number of aromatic nitrogens is 2. The van der Waals surface area contributed by atoms with E-state index in [1.165, 1.54) is 6.08 Å². The summed E-state index contributed by atoms with van der Waals surface area (Å²) in [6.45, 7) is 0.640. The van der Waals surface area contributed by atoms with E-state index in [1.54, 1.807) is 29.2 Å². The molecule has 0 atom stereocenters. The Labute approximate surface area is 189 Å². The van der Waals surface area contributed by atoms with Crippen molar-refractivity contribution in [3.8, 4) is 11.5 Å². The number of nitrogens with one attached hydrogen (secondary N) is 1. The van der Waals surface area contributed by atoms with Crippen LogP contribution < -0.4 is 15.0 Å². The quantitative estimate of drug-likeness (QED) is 0.461. The van der Waals surface area contributed by atoms with Gasteiger partial charge in [0.15, 0.2) is 11.5 Å². The predicted octanol–water partition coefficient (Wildman–Crippen LogP) is 3.89. The first kappa shape index (κ1) is 20.5. The molecule has 7 nitrogen and oxygen atoms in total. The first-order valence-electron chi connectivity index (χ1n) is 10.5. The van der Waals surface area contributed by atoms with E-state index in [9.17, 15) is 9.59 Å². The number of para-hydroxylation sites is 1. The number of carbonyl (C=O) groups is 1. The molecule has 1 amide bonds. The van der Waals surface area contributed by atoms with E-state index in [2.05, 4.69) is 9.97 Å². The largest absolute Gasteiger partial charge is 0.454 e. The number of carbonyl (C=O) groups excluding carboxylic acids is 1. The van der Waals surface area contributed by atoms with E-state index in [-0.39, 0.29) is 24.8 Å². The topological polar surface area (TPSA) is 84.5 Å². The standard InChI is InChI=1S/C26H21N3O4/c30-25(13-11-18-6-2-1-3-7-18)29(15-19-10-12-22-23(14-19)33-17-32-22)16-24-27-21-9-5-4-8-20(21)26(31)28-24/h1-14H,15-17H2,(H,27,28,31). The predicted molar refractivity (Wildman–Crippen MR) is 125 cm³/mol. The normalized spacial score (nSPS) is 12.4. The van der Waals surface area contributed by atoms with Gasteiger partial charge in [0.2, 0.25) is 12.7 Å². The second kappa shape index (κ2) is 9.00. The Morgan fingerprint density at radius 1 is 0.970 bits per heavy atom. The zero-order valence-electron chi connectivity index (χ0n) is 17.7. The molecule has 1 N–H and O–H groups in total. The Balaban J connectivity index is 1.44. The van der Waals surface area contributed by atoms with Gasteiger partial charge in [-0.25, -0.2) is 4.98 Å². The lowest BCUT2D eigenvalue weighted by atomic mass is 10.1. The number of ether oxygens (including phenoxy) is 2. The molecule has 0 saturated carbocycles. The number of H-pyrrole nitrogens is 1. The molecule has 4 aromatic rings. The van der Waals surface area contributed by atoms with Crippen molar-refractivity contribution in [1.29, 1.82) is 0 Å². The van der Waals surface area contributed by atoms with Crippen LogP contribution in [-0.2, 0) is 17.9 Å². The lowest BCUT2D eigenvalue weighted by Gasteiger charge is -2.21. The maximum absolute atomic E-state index is 13.2. The van der Waals surface area contributed by atoms with Crippen LogP contribution >= 0.6 is 0 Å². The second-order valence-electron chi connectivity index (χ2n) is 7.66. The number of fused-ring (bicyclic) bond motifs is 2. The van der Waals surface area contributed by atoms with Gasteiger partial charge < -0.3 is 19.4 Å². The molecule has 0 aliphatic carbocycles. The van der Waals surface area contributed by atoms with Gasteiger partial charge in [-0.1, -0.05) is 48.5 Å². The molecule has 164 valence electrons. The van der Waals surface area contributed by atoms with Crippen molar-refractivity contribution < 1.29 is 14.3 Å². The van der Waals surface area contributed by atoms with Crippen molar-refractivity contribution in [3.05, 3.63) is 106 Å². The molecule has 1 aliphatic rings. The number of rotatable bonds is 6. The fraction of sp³-hybridized carbons (Fsp3) is 0.115. The Kier molecular flexibility index (Phi) is 5.59. The molecular weight excluding hydrogens is 418 g/mol. The monoisotopic (exact) mass is 439 g/mol. The Morgan fingerprint density at radius 2 is 1.76 bits per heavy atom. The van der Waals surface area contributed by atoms with E-state index >= 15 is 0 Å². The molecule has 33 heavy (non-hydrogen) atoms. The molecule has 7 heteroatoms. The molecule has 0 fully saturated rings. The maximum Gasteiger partial charge on any atom is 0.258 e. The van der Waals surface area contributed by atoms with Crippen molar-refractivity contribution in [2.75, 3.05) is 6.79 Å². The van der Waals surface area contributed by atoms with Gasteiger partial charge >= 0.3 is 0 Å². The van der Waals surface area contributed by atoms with Crippen LogP contribution in [-0.4, -0.2) is 27.6 Å². The lowest BCUT2D eigenvalue weighted by molar-refractivity contribution is -0.127. The minimum atomic E-state index is -0.231. The third kappa shape index (κ3) is 4.62. The Bertz CT molecular complexity index is 1400. The van der Waals surface area contributed by atoms with E-state index in [0.717, 1.165) is 11.1 Å². The third-order valence-electron chi connectivity index (χ3n) is 5.34. The van der Waals surface area contributed by atoms with E-state index < -0.39 is 0 Å². The molecule has 1 aromatic heterocycles. The van der Waals surface area contributed by atoms with Gasteiger partial charge in [-0.05, 0) is 41.5 Å². The maximum atomic E-state index is 13.2. The van der Waals surface area contributed by atoms with Gasteiger partial charge in [0.1, 0.15) is 5.82 Å². The van der Waals surface area contributed by atoms with Crippen molar-refractivity contribution in [2.24, 2.45) is 0 Å². The highest BCUT2D eigenvalue weighted by Crippen LogP contribution is 2.33. The van der Waals surface area contributed by atoms with Crippen LogP contribution in [0.4, 0.5) is 0 Å². The summed E-state index contributed by atoms with van der Waals surface area (Å²) >= 11 is 0. The first-order chi connectivity index (χ1) is 16.2. The van der Waals surface area contributed by atoms with Gasteiger partial charge in [-0.2, -0.15) is 0 Å². The van der Waals surface area contributed by atoms with Gasteiger partial charge in [0, 0.05) is 12.6 Å². The summed E-state index contributed by atoms with van der Waals surface area (Å²) < 4.78 is 10.8. The minimum Gasteiger partial charge on any atom is -0.454 e. The summed E-state index contributed by atoms with van der Waals surface area (Å²) in [5, 5.41) is 0.513. The van der Waals surface area contributed by atoms with E-state index in [0.29, 0.717) is 34.8 Å². The number of benzene rings is 3. The highest BCUT2D eigenvalue weighted by atomic mass is 16.7. The summed E-state index contributed by atoms with van der Waals surface area (Å²) in [5.74, 6) is 1.55. The van der Waals surface area contributed by atoms with Crippen LogP contribution in [0.1, 0.15) is 17.0 Å². The molecule has 3 aromatic carbocycles. The fourth-order valence-corrected chi connectivity index (χ4v) is 3.70. The third-order valence-corrected chi connectivity index (χ3v) is 5.34. The Morgan fingerprint density at radius 3 is 2.64 bits per heavy atom. The number of nitrogens with zero attached hydrogens (tertiary/aromatic N) is 2. The highest BCUT2D eigenvalue weighted by molar-refractivity contribution is 5.91. The number of hydrogen-bond acceptors (Lipinski definition) is 5. The van der Waals surface area contributed by atoms with Crippen LogP contribution in [0.3, 0.4) is 0 Å². The Hall–Kier alpha value is -4.39. The molecule has 0 bridgehead atoms. The highest BCUT2D eigenvalue weighted by Gasteiger charge is 2.18. The average molecular weight is 439 g/mol. The average Bonchev–Trinajstić information content (AvgIpc) is 3.31. The molecule has 0 spiro atoms.